The summed E-state index contributed by atoms with van der Waals surface area (Å²) in [6.45, 7) is 1.95. The van der Waals surface area contributed by atoms with E-state index in [-0.39, 0.29) is 6.03 Å². The first-order valence-electron chi connectivity index (χ1n) is 7.21. The molecule has 2 aliphatic rings. The van der Waals surface area contributed by atoms with Crippen LogP contribution in [0.3, 0.4) is 0 Å². The van der Waals surface area contributed by atoms with Gasteiger partial charge in [-0.15, -0.1) is 0 Å². The molecule has 1 aliphatic carbocycles. The van der Waals surface area contributed by atoms with Crippen molar-refractivity contribution in [1.29, 1.82) is 0 Å². The monoisotopic (exact) mass is 259 g/mol. The number of nitrogens with one attached hydrogen (secondary N) is 3. The van der Waals surface area contributed by atoms with Gasteiger partial charge in [-0.2, -0.15) is 0 Å². The average molecular weight is 259 g/mol. The standard InChI is InChI=1S/C15H21N3O/c19-15(17-13-3-1-2-4-13)18-14-6-5-12-10-16-8-7-11(12)9-14/h5-6,9,13,16H,1-4,7-8,10H2,(H2,17,18,19). The average Bonchev–Trinajstić information content (AvgIpc) is 2.91. The molecule has 0 atom stereocenters. The smallest absolute Gasteiger partial charge is 0.319 e. The van der Waals surface area contributed by atoms with Crippen molar-refractivity contribution in [2.24, 2.45) is 0 Å². The van der Waals surface area contributed by atoms with E-state index in [2.05, 4.69) is 28.1 Å². The Kier molecular flexibility index (Phi) is 3.69. The van der Waals surface area contributed by atoms with Gasteiger partial charge >= 0.3 is 6.03 Å². The quantitative estimate of drug-likeness (QED) is 0.764. The summed E-state index contributed by atoms with van der Waals surface area (Å²) in [4.78, 5) is 11.9. The van der Waals surface area contributed by atoms with Crippen molar-refractivity contribution in [3.05, 3.63) is 29.3 Å². The van der Waals surface area contributed by atoms with Crippen molar-refractivity contribution >= 4 is 11.7 Å². The second kappa shape index (κ2) is 5.61. The minimum atomic E-state index is -0.0687. The minimum absolute atomic E-state index is 0.0687. The maximum atomic E-state index is 11.9. The molecule has 1 aromatic rings. The van der Waals surface area contributed by atoms with Gasteiger partial charge in [-0.3, -0.25) is 0 Å². The molecule has 3 N–H and O–H groups in total. The summed E-state index contributed by atoms with van der Waals surface area (Å²) in [6, 6.07) is 6.49. The van der Waals surface area contributed by atoms with Crippen LogP contribution in [0.5, 0.6) is 0 Å². The van der Waals surface area contributed by atoms with E-state index in [4.69, 9.17) is 0 Å². The molecule has 1 aliphatic heterocycles. The molecule has 1 saturated carbocycles. The van der Waals surface area contributed by atoms with Crippen LogP contribution < -0.4 is 16.0 Å². The number of fused-ring (bicyclic) bond motifs is 1. The maximum absolute atomic E-state index is 11.9. The van der Waals surface area contributed by atoms with Gasteiger partial charge in [0.05, 0.1) is 0 Å². The molecule has 102 valence electrons. The van der Waals surface area contributed by atoms with Crippen molar-refractivity contribution in [3.8, 4) is 0 Å². The third-order valence-corrected chi connectivity index (χ3v) is 4.04. The highest BCUT2D eigenvalue weighted by molar-refractivity contribution is 5.89. The normalized spacial score (nSPS) is 18.9. The number of carbonyl (C=O) groups excluding carboxylic acids is 1. The van der Waals surface area contributed by atoms with Crippen molar-refractivity contribution in [2.45, 2.75) is 44.7 Å². The van der Waals surface area contributed by atoms with Crippen LogP contribution in [0.2, 0.25) is 0 Å². The highest BCUT2D eigenvalue weighted by atomic mass is 16.2. The molecule has 0 unspecified atom stereocenters. The number of anilines is 1. The number of hydrogen-bond acceptors (Lipinski definition) is 2. The first kappa shape index (κ1) is 12.5. The van der Waals surface area contributed by atoms with Gasteiger partial charge in [0.25, 0.3) is 0 Å². The van der Waals surface area contributed by atoms with Gasteiger partial charge in [-0.25, -0.2) is 4.79 Å². The summed E-state index contributed by atoms with van der Waals surface area (Å²) in [5.41, 5.74) is 3.58. The van der Waals surface area contributed by atoms with E-state index >= 15 is 0 Å². The second-order valence-electron chi connectivity index (χ2n) is 5.49. The molecule has 1 heterocycles. The van der Waals surface area contributed by atoms with E-state index in [1.807, 2.05) is 6.07 Å². The molecule has 2 amide bonds. The van der Waals surface area contributed by atoms with Crippen LogP contribution >= 0.6 is 0 Å². The Bertz CT molecular complexity index is 466. The molecule has 4 heteroatoms. The Labute approximate surface area is 114 Å². The largest absolute Gasteiger partial charge is 0.335 e. The van der Waals surface area contributed by atoms with Crippen LogP contribution in [-0.4, -0.2) is 18.6 Å². The van der Waals surface area contributed by atoms with E-state index in [1.165, 1.54) is 24.0 Å². The summed E-state index contributed by atoms with van der Waals surface area (Å²) in [5, 5.41) is 9.34. The van der Waals surface area contributed by atoms with Crippen LogP contribution in [0.15, 0.2) is 18.2 Å². The van der Waals surface area contributed by atoms with Gasteiger partial charge in [0, 0.05) is 18.3 Å². The number of rotatable bonds is 2. The van der Waals surface area contributed by atoms with Crippen LogP contribution in [0.4, 0.5) is 10.5 Å². The highest BCUT2D eigenvalue weighted by Crippen LogP contribution is 2.20. The molecular formula is C15H21N3O. The second-order valence-corrected chi connectivity index (χ2v) is 5.49. The Morgan fingerprint density at radius 1 is 1.21 bits per heavy atom. The molecule has 0 spiro atoms. The fourth-order valence-electron chi connectivity index (χ4n) is 2.98. The summed E-state index contributed by atoms with van der Waals surface area (Å²) in [5.74, 6) is 0. The lowest BCUT2D eigenvalue weighted by atomic mass is 10.0. The SMILES string of the molecule is O=C(Nc1ccc2c(c1)CCNC2)NC1CCCC1. The van der Waals surface area contributed by atoms with Gasteiger partial charge in [0.15, 0.2) is 0 Å². The maximum Gasteiger partial charge on any atom is 0.319 e. The lowest BCUT2D eigenvalue weighted by Crippen LogP contribution is -2.36. The van der Waals surface area contributed by atoms with Gasteiger partial charge in [0.2, 0.25) is 0 Å². The number of urea groups is 1. The van der Waals surface area contributed by atoms with Gasteiger partial charge < -0.3 is 16.0 Å². The van der Waals surface area contributed by atoms with Crippen LogP contribution in [0, 0.1) is 0 Å². The van der Waals surface area contributed by atoms with E-state index in [1.54, 1.807) is 0 Å². The predicted molar refractivity (Wildman–Crippen MR) is 76.3 cm³/mol. The van der Waals surface area contributed by atoms with Crippen LogP contribution in [0.25, 0.3) is 0 Å². The summed E-state index contributed by atoms with van der Waals surface area (Å²) in [6.07, 6.45) is 5.73. The molecule has 0 saturated heterocycles. The Balaban J connectivity index is 1.61. The third kappa shape index (κ3) is 3.07. The zero-order valence-corrected chi connectivity index (χ0v) is 11.2. The zero-order chi connectivity index (χ0) is 13.1. The minimum Gasteiger partial charge on any atom is -0.335 e. The number of amides is 2. The Morgan fingerprint density at radius 2 is 2.05 bits per heavy atom. The Hall–Kier alpha value is -1.55. The number of carbonyl (C=O) groups is 1. The molecule has 19 heavy (non-hydrogen) atoms. The van der Waals surface area contributed by atoms with E-state index in [0.717, 1.165) is 38.0 Å². The molecule has 4 nitrogen and oxygen atoms in total. The molecule has 3 rings (SSSR count). The number of hydrogen-bond donors (Lipinski definition) is 3. The summed E-state index contributed by atoms with van der Waals surface area (Å²) in [7, 11) is 0. The first-order chi connectivity index (χ1) is 9.31. The molecule has 1 aromatic carbocycles. The first-order valence-corrected chi connectivity index (χ1v) is 7.21. The van der Waals surface area contributed by atoms with Crippen molar-refractivity contribution in [2.75, 3.05) is 11.9 Å². The van der Waals surface area contributed by atoms with Crippen molar-refractivity contribution < 1.29 is 4.79 Å². The van der Waals surface area contributed by atoms with Crippen molar-refractivity contribution in [3.63, 3.8) is 0 Å². The topological polar surface area (TPSA) is 53.2 Å². The highest BCUT2D eigenvalue weighted by Gasteiger charge is 2.17. The van der Waals surface area contributed by atoms with Crippen LogP contribution in [0.1, 0.15) is 36.8 Å². The van der Waals surface area contributed by atoms with E-state index < -0.39 is 0 Å². The summed E-state index contributed by atoms with van der Waals surface area (Å²) >= 11 is 0. The third-order valence-electron chi connectivity index (χ3n) is 4.04. The Morgan fingerprint density at radius 3 is 2.89 bits per heavy atom. The zero-order valence-electron chi connectivity index (χ0n) is 11.2. The van der Waals surface area contributed by atoms with E-state index in [0.29, 0.717) is 6.04 Å². The fraction of sp³-hybridized carbons (Fsp3) is 0.533. The lowest BCUT2D eigenvalue weighted by molar-refractivity contribution is 0.248. The summed E-state index contributed by atoms with van der Waals surface area (Å²) < 4.78 is 0. The molecule has 0 bridgehead atoms. The lowest BCUT2D eigenvalue weighted by Gasteiger charge is -2.18. The van der Waals surface area contributed by atoms with Crippen LogP contribution in [-0.2, 0) is 13.0 Å². The molecule has 0 radical (unpaired) electrons. The molecule has 1 fully saturated rings. The van der Waals surface area contributed by atoms with Crippen molar-refractivity contribution in [1.82, 2.24) is 10.6 Å². The number of benzene rings is 1. The molecular weight excluding hydrogens is 238 g/mol. The predicted octanol–water partition coefficient (Wildman–Crippen LogP) is 2.40. The van der Waals surface area contributed by atoms with Gasteiger partial charge in [-0.05, 0) is 49.1 Å². The van der Waals surface area contributed by atoms with Gasteiger partial charge in [-0.1, -0.05) is 18.9 Å². The molecule has 0 aromatic heterocycles. The van der Waals surface area contributed by atoms with Gasteiger partial charge in [0.1, 0.15) is 0 Å². The van der Waals surface area contributed by atoms with E-state index in [9.17, 15) is 4.79 Å². The fourth-order valence-corrected chi connectivity index (χ4v) is 2.98.